The standard InChI is InChI=1S/C10H13ClN2O.C10H9ClN2O.C8H7ClN2.CH4/c2*1-6-3-8(5-12)4-9(11)10(6)13-7(2)14;1-5-2-6(4-10)3-7(9)8(5)11;/h3-4H,5,12H2,1-2H3,(H,13,14);3-4H,1-2H3,(H,13,14);2-3H,11H2,1H3;1H4. The third kappa shape index (κ3) is 11.1. The van der Waals surface area contributed by atoms with Crippen LogP contribution in [0, 0.1) is 43.4 Å². The molecule has 0 aliphatic carbocycles. The summed E-state index contributed by atoms with van der Waals surface area (Å²) in [6, 6.07) is 14.1. The first-order chi connectivity index (χ1) is 18.2. The third-order valence-electron chi connectivity index (χ3n) is 5.07. The molecule has 0 saturated heterocycles. The second kappa shape index (κ2) is 17.0. The van der Waals surface area contributed by atoms with Crippen LogP contribution in [0.4, 0.5) is 17.1 Å². The van der Waals surface area contributed by atoms with Gasteiger partial charge in [0.05, 0.1) is 55.4 Å². The highest BCUT2D eigenvalue weighted by molar-refractivity contribution is 6.34. The number of carbonyl (C=O) groups excluding carboxylic acids is 2. The van der Waals surface area contributed by atoms with E-state index in [4.69, 9.17) is 56.8 Å². The third-order valence-corrected chi connectivity index (χ3v) is 5.98. The molecular weight excluding hydrogens is 571 g/mol. The van der Waals surface area contributed by atoms with Gasteiger partial charge in [0.25, 0.3) is 0 Å². The van der Waals surface area contributed by atoms with E-state index in [0.717, 1.165) is 22.3 Å². The summed E-state index contributed by atoms with van der Waals surface area (Å²) >= 11 is 17.6. The lowest BCUT2D eigenvalue weighted by Crippen LogP contribution is -2.08. The van der Waals surface area contributed by atoms with Crippen molar-refractivity contribution in [3.8, 4) is 12.1 Å². The Morgan fingerprint density at radius 2 is 1.15 bits per heavy atom. The highest BCUT2D eigenvalue weighted by atomic mass is 35.5. The van der Waals surface area contributed by atoms with Gasteiger partial charge in [-0.05, 0) is 73.4 Å². The summed E-state index contributed by atoms with van der Waals surface area (Å²) in [7, 11) is 0. The molecule has 3 aromatic carbocycles. The molecule has 0 aromatic heterocycles. The number of hydrogen-bond acceptors (Lipinski definition) is 6. The zero-order valence-corrected chi connectivity index (χ0v) is 24.4. The summed E-state index contributed by atoms with van der Waals surface area (Å²) in [5.41, 5.74) is 17.4. The van der Waals surface area contributed by atoms with Crippen molar-refractivity contribution in [3.63, 3.8) is 0 Å². The van der Waals surface area contributed by atoms with E-state index in [9.17, 15) is 9.59 Å². The van der Waals surface area contributed by atoms with Crippen LogP contribution >= 0.6 is 34.8 Å². The summed E-state index contributed by atoms with van der Waals surface area (Å²) in [4.78, 5) is 21.7. The summed E-state index contributed by atoms with van der Waals surface area (Å²) in [6.45, 7) is 8.80. The van der Waals surface area contributed by atoms with Crippen LogP contribution in [-0.2, 0) is 16.1 Å². The molecule has 0 radical (unpaired) electrons. The molecule has 6 N–H and O–H groups in total. The zero-order chi connectivity index (χ0) is 29.9. The van der Waals surface area contributed by atoms with Gasteiger partial charge in [-0.2, -0.15) is 10.5 Å². The lowest BCUT2D eigenvalue weighted by molar-refractivity contribution is -0.115. The molecular formula is C29H33Cl3N6O2. The second-order valence-corrected chi connectivity index (χ2v) is 9.62. The number of nitrogen functional groups attached to an aromatic ring is 1. The molecule has 0 saturated carbocycles. The highest BCUT2D eigenvalue weighted by Gasteiger charge is 2.08. The van der Waals surface area contributed by atoms with Crippen molar-refractivity contribution in [2.24, 2.45) is 5.73 Å². The molecule has 212 valence electrons. The van der Waals surface area contributed by atoms with Crippen molar-refractivity contribution in [3.05, 3.63) is 84.8 Å². The van der Waals surface area contributed by atoms with Crippen LogP contribution in [0.3, 0.4) is 0 Å². The highest BCUT2D eigenvalue weighted by Crippen LogP contribution is 2.28. The van der Waals surface area contributed by atoms with E-state index < -0.39 is 0 Å². The Labute approximate surface area is 250 Å². The first kappa shape index (κ1) is 36.2. The average Bonchev–Trinajstić information content (AvgIpc) is 2.86. The van der Waals surface area contributed by atoms with Crippen molar-refractivity contribution in [2.75, 3.05) is 16.4 Å². The van der Waals surface area contributed by atoms with Crippen LogP contribution in [-0.4, -0.2) is 11.8 Å². The molecule has 0 bridgehead atoms. The molecule has 0 atom stereocenters. The molecule has 11 heteroatoms. The Balaban J connectivity index is 0.000000568. The Bertz CT molecular complexity index is 1390. The molecule has 0 aliphatic heterocycles. The van der Waals surface area contributed by atoms with E-state index in [1.807, 2.05) is 32.1 Å². The van der Waals surface area contributed by atoms with Crippen molar-refractivity contribution in [1.82, 2.24) is 0 Å². The quantitative estimate of drug-likeness (QED) is 0.230. The number of benzene rings is 3. The van der Waals surface area contributed by atoms with Crippen molar-refractivity contribution in [2.45, 2.75) is 48.6 Å². The topological polar surface area (TPSA) is 158 Å². The lowest BCUT2D eigenvalue weighted by Gasteiger charge is -2.10. The maximum Gasteiger partial charge on any atom is 0.221 e. The van der Waals surface area contributed by atoms with Gasteiger partial charge in [0.1, 0.15) is 0 Å². The minimum atomic E-state index is -0.181. The molecule has 0 aliphatic rings. The molecule has 2 amide bonds. The summed E-state index contributed by atoms with van der Waals surface area (Å²) in [5, 5.41) is 23.8. The smallest absolute Gasteiger partial charge is 0.221 e. The fourth-order valence-corrected chi connectivity index (χ4v) is 4.15. The summed E-state index contributed by atoms with van der Waals surface area (Å²) in [5.74, 6) is -0.310. The van der Waals surface area contributed by atoms with E-state index in [2.05, 4.69) is 10.6 Å². The fraction of sp³-hybridized carbons (Fsp3) is 0.241. The van der Waals surface area contributed by atoms with E-state index >= 15 is 0 Å². The van der Waals surface area contributed by atoms with Crippen LogP contribution in [0.25, 0.3) is 0 Å². The Kier molecular flexibility index (Phi) is 15.4. The number of nitrogens with two attached hydrogens (primary N) is 2. The van der Waals surface area contributed by atoms with Gasteiger partial charge in [-0.15, -0.1) is 0 Å². The number of halogens is 3. The molecule has 3 aromatic rings. The zero-order valence-electron chi connectivity index (χ0n) is 22.2. The Hall–Kier alpha value is -3.79. The predicted molar refractivity (Wildman–Crippen MR) is 166 cm³/mol. The van der Waals surface area contributed by atoms with E-state index in [1.54, 1.807) is 31.2 Å². The Morgan fingerprint density at radius 1 is 0.750 bits per heavy atom. The minimum absolute atomic E-state index is 0. The largest absolute Gasteiger partial charge is 0.397 e. The molecule has 8 nitrogen and oxygen atoms in total. The predicted octanol–water partition coefficient (Wildman–Crippen LogP) is 7.28. The average molecular weight is 604 g/mol. The Morgan fingerprint density at radius 3 is 1.50 bits per heavy atom. The molecule has 0 heterocycles. The van der Waals surface area contributed by atoms with Crippen LogP contribution < -0.4 is 22.1 Å². The fourth-order valence-electron chi connectivity index (χ4n) is 3.23. The van der Waals surface area contributed by atoms with Crippen LogP contribution in [0.2, 0.25) is 15.1 Å². The van der Waals surface area contributed by atoms with Crippen LogP contribution in [0.1, 0.15) is 54.7 Å². The van der Waals surface area contributed by atoms with Gasteiger partial charge >= 0.3 is 0 Å². The van der Waals surface area contributed by atoms with Gasteiger partial charge in [0.15, 0.2) is 0 Å². The molecule has 0 fully saturated rings. The van der Waals surface area contributed by atoms with E-state index in [0.29, 0.717) is 49.8 Å². The number of hydrogen-bond donors (Lipinski definition) is 4. The van der Waals surface area contributed by atoms with Crippen LogP contribution in [0.5, 0.6) is 0 Å². The van der Waals surface area contributed by atoms with Gasteiger partial charge in [-0.25, -0.2) is 0 Å². The SMILES string of the molecule is C.CC(=O)Nc1c(C)cc(C#N)cc1Cl.CC(=O)Nc1c(C)cc(CN)cc1Cl.Cc1cc(C#N)cc(Cl)c1N. The number of rotatable bonds is 3. The second-order valence-electron chi connectivity index (χ2n) is 8.40. The lowest BCUT2D eigenvalue weighted by atomic mass is 10.1. The number of carbonyl (C=O) groups is 2. The first-order valence-corrected chi connectivity index (χ1v) is 12.6. The van der Waals surface area contributed by atoms with Gasteiger partial charge in [-0.3, -0.25) is 9.59 Å². The normalized spacial score (nSPS) is 9.28. The summed E-state index contributed by atoms with van der Waals surface area (Å²) < 4.78 is 0. The maximum atomic E-state index is 10.9. The maximum absolute atomic E-state index is 10.9. The number of anilines is 3. The molecule has 40 heavy (non-hydrogen) atoms. The van der Waals surface area contributed by atoms with Gasteiger partial charge in [-0.1, -0.05) is 48.3 Å². The summed E-state index contributed by atoms with van der Waals surface area (Å²) in [6.07, 6.45) is 0. The first-order valence-electron chi connectivity index (χ1n) is 11.4. The van der Waals surface area contributed by atoms with Gasteiger partial charge in [0.2, 0.25) is 11.8 Å². The molecule has 3 rings (SSSR count). The number of nitriles is 2. The molecule has 0 unspecified atom stereocenters. The van der Waals surface area contributed by atoms with Gasteiger partial charge in [0, 0.05) is 20.4 Å². The number of nitrogens with one attached hydrogen (secondary N) is 2. The van der Waals surface area contributed by atoms with Crippen molar-refractivity contribution in [1.29, 1.82) is 10.5 Å². The number of amides is 2. The van der Waals surface area contributed by atoms with E-state index in [1.165, 1.54) is 19.9 Å². The monoisotopic (exact) mass is 602 g/mol. The van der Waals surface area contributed by atoms with E-state index in [-0.39, 0.29) is 19.2 Å². The number of nitrogens with zero attached hydrogens (tertiary/aromatic N) is 2. The van der Waals surface area contributed by atoms with Crippen molar-refractivity contribution >= 4 is 63.7 Å². The molecule has 0 spiro atoms. The van der Waals surface area contributed by atoms with Crippen LogP contribution in [0.15, 0.2) is 36.4 Å². The van der Waals surface area contributed by atoms with Crippen molar-refractivity contribution < 1.29 is 9.59 Å². The van der Waals surface area contributed by atoms with Gasteiger partial charge < -0.3 is 22.1 Å². The minimum Gasteiger partial charge on any atom is -0.397 e. The number of aryl methyl sites for hydroxylation is 3.